The van der Waals surface area contributed by atoms with E-state index in [1.54, 1.807) is 0 Å². The molecule has 0 atom stereocenters. The van der Waals surface area contributed by atoms with E-state index >= 15 is 0 Å². The fraction of sp³-hybridized carbons (Fsp3) is 0. The van der Waals surface area contributed by atoms with E-state index in [0.717, 1.165) is 44.8 Å². The molecule has 50 heavy (non-hydrogen) atoms. The van der Waals surface area contributed by atoms with Gasteiger partial charge >= 0.3 is 0 Å². The Hall–Kier alpha value is -6.71. The molecule has 3 heteroatoms. The lowest BCUT2D eigenvalue weighted by Gasteiger charge is -2.16. The van der Waals surface area contributed by atoms with E-state index in [2.05, 4.69) is 163 Å². The molecule has 10 aromatic rings. The van der Waals surface area contributed by atoms with E-state index < -0.39 is 0 Å². The van der Waals surface area contributed by atoms with Gasteiger partial charge in [0.05, 0.1) is 11.4 Å². The highest BCUT2D eigenvalue weighted by Crippen LogP contribution is 2.41. The number of hydrogen-bond donors (Lipinski definition) is 0. The topological polar surface area (TPSA) is 38.7 Å². The van der Waals surface area contributed by atoms with Gasteiger partial charge in [-0.05, 0) is 71.9 Å². The van der Waals surface area contributed by atoms with Crippen molar-refractivity contribution in [2.24, 2.45) is 0 Å². The molecule has 0 saturated carbocycles. The molecule has 8 aromatic carbocycles. The van der Waals surface area contributed by atoms with Crippen LogP contribution in [0.4, 0.5) is 0 Å². The third-order valence-corrected chi connectivity index (χ3v) is 9.95. The van der Waals surface area contributed by atoms with Crippen molar-refractivity contribution in [1.29, 1.82) is 0 Å². The minimum Gasteiger partial charge on any atom is -0.264 e. The van der Waals surface area contributed by atoms with Gasteiger partial charge in [0.1, 0.15) is 0 Å². The van der Waals surface area contributed by atoms with Crippen molar-refractivity contribution >= 4 is 43.1 Å². The van der Waals surface area contributed by atoms with Gasteiger partial charge in [0.15, 0.2) is 5.82 Å². The van der Waals surface area contributed by atoms with Crippen molar-refractivity contribution < 1.29 is 0 Å². The molecule has 2 heterocycles. The van der Waals surface area contributed by atoms with Gasteiger partial charge in [-0.15, -0.1) is 0 Å². The Kier molecular flexibility index (Phi) is 6.49. The molecule has 0 aliphatic heterocycles. The van der Waals surface area contributed by atoms with Gasteiger partial charge in [0.25, 0.3) is 0 Å². The Morgan fingerprint density at radius 1 is 0.340 bits per heavy atom. The van der Waals surface area contributed by atoms with Crippen LogP contribution in [0.2, 0.25) is 0 Å². The molecule has 10 rings (SSSR count). The maximum Gasteiger partial charge on any atom is 0.160 e. The molecule has 0 bridgehead atoms. The summed E-state index contributed by atoms with van der Waals surface area (Å²) in [7, 11) is 0. The second kappa shape index (κ2) is 11.5. The van der Waals surface area contributed by atoms with Crippen molar-refractivity contribution in [3.8, 4) is 56.2 Å². The van der Waals surface area contributed by atoms with Crippen molar-refractivity contribution in [2.45, 2.75) is 0 Å². The minimum atomic E-state index is 0.689. The maximum absolute atomic E-state index is 5.31. The van der Waals surface area contributed by atoms with Gasteiger partial charge < -0.3 is 0 Å². The Labute approximate surface area is 289 Å². The number of aromatic nitrogens is 3. The summed E-state index contributed by atoms with van der Waals surface area (Å²) in [5.74, 6) is 0.689. The molecule has 0 aliphatic carbocycles. The molecule has 3 nitrogen and oxygen atoms in total. The van der Waals surface area contributed by atoms with E-state index in [0.29, 0.717) is 5.82 Å². The summed E-state index contributed by atoms with van der Waals surface area (Å²) in [6, 6.07) is 58.3. The quantitative estimate of drug-likeness (QED) is 0.177. The SMILES string of the molecule is c1cncc(-c2ccccc2-c2cc(-c3ccc4ccc5cccc6ccc3c4c56)nc(-c3ccc(-c4cccc5ccccc45)cc3)n2)c1. The Morgan fingerprint density at radius 3 is 1.78 bits per heavy atom. The molecule has 0 amide bonds. The zero-order valence-corrected chi connectivity index (χ0v) is 27.1. The van der Waals surface area contributed by atoms with Crippen LogP contribution in [0.3, 0.4) is 0 Å². The van der Waals surface area contributed by atoms with Crippen molar-refractivity contribution in [3.63, 3.8) is 0 Å². The van der Waals surface area contributed by atoms with Crippen molar-refractivity contribution in [3.05, 3.63) is 176 Å². The summed E-state index contributed by atoms with van der Waals surface area (Å²) in [6.07, 6.45) is 3.72. The molecular formula is C47H29N3. The number of rotatable bonds is 5. The highest BCUT2D eigenvalue weighted by Gasteiger charge is 2.18. The van der Waals surface area contributed by atoms with Crippen LogP contribution in [0.1, 0.15) is 0 Å². The third kappa shape index (κ3) is 4.63. The first-order valence-corrected chi connectivity index (χ1v) is 16.9. The first kappa shape index (κ1) is 28.3. The average molecular weight is 636 g/mol. The number of pyridine rings is 1. The van der Waals surface area contributed by atoms with Gasteiger partial charge in [-0.25, -0.2) is 9.97 Å². The van der Waals surface area contributed by atoms with Crippen LogP contribution >= 0.6 is 0 Å². The summed E-state index contributed by atoms with van der Waals surface area (Å²) < 4.78 is 0. The first-order chi connectivity index (χ1) is 24.8. The predicted molar refractivity (Wildman–Crippen MR) is 208 cm³/mol. The molecule has 0 saturated heterocycles. The van der Waals surface area contributed by atoms with E-state index in [1.165, 1.54) is 48.7 Å². The monoisotopic (exact) mass is 635 g/mol. The lowest BCUT2D eigenvalue weighted by Crippen LogP contribution is -1.98. The van der Waals surface area contributed by atoms with E-state index in [-0.39, 0.29) is 0 Å². The van der Waals surface area contributed by atoms with Crippen molar-refractivity contribution in [2.75, 3.05) is 0 Å². The minimum absolute atomic E-state index is 0.689. The summed E-state index contributed by atoms with van der Waals surface area (Å²) in [5, 5.41) is 9.96. The Bertz CT molecular complexity index is 2840. The van der Waals surface area contributed by atoms with Gasteiger partial charge in [0, 0.05) is 34.6 Å². The second-order valence-corrected chi connectivity index (χ2v) is 12.8. The van der Waals surface area contributed by atoms with Gasteiger partial charge in [-0.3, -0.25) is 4.98 Å². The number of nitrogens with zero attached hydrogens (tertiary/aromatic N) is 3. The lowest BCUT2D eigenvalue weighted by atomic mass is 9.90. The smallest absolute Gasteiger partial charge is 0.160 e. The third-order valence-electron chi connectivity index (χ3n) is 9.95. The highest BCUT2D eigenvalue weighted by atomic mass is 14.9. The van der Waals surface area contributed by atoms with Gasteiger partial charge in [0.2, 0.25) is 0 Å². The predicted octanol–water partition coefficient (Wildman–Crippen LogP) is 12.3. The normalized spacial score (nSPS) is 11.6. The van der Waals surface area contributed by atoms with Crippen LogP contribution < -0.4 is 0 Å². The van der Waals surface area contributed by atoms with E-state index in [1.807, 2.05) is 18.5 Å². The molecule has 0 aliphatic rings. The number of hydrogen-bond acceptors (Lipinski definition) is 3. The standard InChI is InChI=1S/C47H29N3/c1-2-13-37-30(8-1)9-6-16-38(37)31-17-21-35(22-18-31)47-49-43(40-15-4-3-14-39(40)36-12-7-27-48-29-36)28-44(50-47)41-25-23-34-20-19-32-10-5-11-33-24-26-42(41)46(34)45(32)33/h1-29H. The number of benzene rings is 8. The highest BCUT2D eigenvalue weighted by molar-refractivity contribution is 6.25. The van der Waals surface area contributed by atoms with Crippen LogP contribution in [0, 0.1) is 0 Å². The fourth-order valence-electron chi connectivity index (χ4n) is 7.57. The molecule has 0 radical (unpaired) electrons. The van der Waals surface area contributed by atoms with Crippen LogP contribution in [-0.2, 0) is 0 Å². The molecule has 232 valence electrons. The summed E-state index contributed by atoms with van der Waals surface area (Å²) in [5.41, 5.74) is 9.36. The van der Waals surface area contributed by atoms with Crippen LogP contribution in [0.5, 0.6) is 0 Å². The zero-order chi connectivity index (χ0) is 33.0. The largest absolute Gasteiger partial charge is 0.264 e. The molecule has 0 spiro atoms. The Balaban J connectivity index is 1.19. The second-order valence-electron chi connectivity index (χ2n) is 12.8. The first-order valence-electron chi connectivity index (χ1n) is 16.9. The van der Waals surface area contributed by atoms with E-state index in [9.17, 15) is 0 Å². The fourth-order valence-corrected chi connectivity index (χ4v) is 7.57. The molecule has 0 N–H and O–H groups in total. The molecule has 0 fully saturated rings. The number of fused-ring (bicyclic) bond motifs is 1. The summed E-state index contributed by atoms with van der Waals surface area (Å²) >= 11 is 0. The molecule has 2 aromatic heterocycles. The Morgan fingerprint density at radius 2 is 0.960 bits per heavy atom. The van der Waals surface area contributed by atoms with Crippen LogP contribution in [0.15, 0.2) is 176 Å². The van der Waals surface area contributed by atoms with Gasteiger partial charge in [-0.2, -0.15) is 0 Å². The van der Waals surface area contributed by atoms with Crippen LogP contribution in [0.25, 0.3) is 99.2 Å². The average Bonchev–Trinajstić information content (AvgIpc) is 3.20. The molecule has 0 unspecified atom stereocenters. The van der Waals surface area contributed by atoms with Crippen molar-refractivity contribution in [1.82, 2.24) is 15.0 Å². The van der Waals surface area contributed by atoms with Crippen LogP contribution in [-0.4, -0.2) is 15.0 Å². The lowest BCUT2D eigenvalue weighted by molar-refractivity contribution is 1.18. The zero-order valence-electron chi connectivity index (χ0n) is 27.1. The summed E-state index contributed by atoms with van der Waals surface area (Å²) in [6.45, 7) is 0. The maximum atomic E-state index is 5.31. The van der Waals surface area contributed by atoms with E-state index in [4.69, 9.17) is 9.97 Å². The summed E-state index contributed by atoms with van der Waals surface area (Å²) in [4.78, 5) is 15.0. The molecular weight excluding hydrogens is 607 g/mol. The van der Waals surface area contributed by atoms with Gasteiger partial charge in [-0.1, -0.05) is 152 Å².